The molecule has 4 saturated carbocycles. The fourth-order valence-corrected chi connectivity index (χ4v) is 11.8. The number of sulfonamides is 1. The van der Waals surface area contributed by atoms with E-state index in [1.54, 1.807) is 72.8 Å². The Morgan fingerprint density at radius 1 is 0.483 bits per heavy atom. The number of amides is 6. The van der Waals surface area contributed by atoms with Gasteiger partial charge in [0, 0.05) is 85.9 Å². The Labute approximate surface area is 523 Å². The number of carbonyl (C=O) groups excluding carboxylic acids is 7. The van der Waals surface area contributed by atoms with Crippen molar-refractivity contribution >= 4 is 75.0 Å². The van der Waals surface area contributed by atoms with Crippen LogP contribution in [0.4, 0.5) is 30.2 Å². The maximum absolute atomic E-state index is 14.2. The molecule has 0 saturated heterocycles. The molecular formula is C64H96ClF7N4O9S2. The summed E-state index contributed by atoms with van der Waals surface area (Å²) in [5.41, 5.74) is 2.13. The zero-order valence-electron chi connectivity index (χ0n) is 46.3. The van der Waals surface area contributed by atoms with Crippen molar-refractivity contribution in [3.8, 4) is 0 Å². The third-order valence-electron chi connectivity index (χ3n) is 16.2. The maximum atomic E-state index is 14.2. The van der Waals surface area contributed by atoms with Gasteiger partial charge in [-0.1, -0.05) is 134 Å². The molecule has 3 aliphatic heterocycles. The summed E-state index contributed by atoms with van der Waals surface area (Å²) in [6.45, 7) is 6.08. The Kier molecular flexibility index (Phi) is 35.2. The van der Waals surface area contributed by atoms with Gasteiger partial charge in [-0.3, -0.25) is 48.3 Å². The van der Waals surface area contributed by atoms with Crippen molar-refractivity contribution < 1.29 is 72.2 Å². The molecule has 10 rings (SSSR count). The van der Waals surface area contributed by atoms with Crippen LogP contribution < -0.4 is 4.72 Å². The number of hydrogen-bond acceptors (Lipinski definition) is 10. The van der Waals surface area contributed by atoms with Gasteiger partial charge in [0.1, 0.15) is 11.8 Å². The van der Waals surface area contributed by atoms with Gasteiger partial charge >= 0.3 is 0 Å². The van der Waals surface area contributed by atoms with Gasteiger partial charge in [-0.25, -0.2) is 39.5 Å². The second-order valence-electron chi connectivity index (χ2n) is 21.7. The van der Waals surface area contributed by atoms with E-state index in [9.17, 15) is 72.2 Å². The summed E-state index contributed by atoms with van der Waals surface area (Å²) in [5.74, 6) is -14.8. The van der Waals surface area contributed by atoms with Crippen molar-refractivity contribution in [2.24, 2.45) is 41.4 Å². The second kappa shape index (κ2) is 36.5. The van der Waals surface area contributed by atoms with Crippen LogP contribution in [0.3, 0.4) is 0 Å². The summed E-state index contributed by atoms with van der Waals surface area (Å²) in [4.78, 5) is 85.6. The molecule has 3 aromatic rings. The third-order valence-corrected chi connectivity index (χ3v) is 17.1. The molecule has 3 unspecified atom stereocenters. The van der Waals surface area contributed by atoms with Crippen molar-refractivity contribution in [1.82, 2.24) is 19.4 Å². The highest BCUT2D eigenvalue weighted by Gasteiger charge is 2.51. The van der Waals surface area contributed by atoms with Gasteiger partial charge in [-0.2, -0.15) is 3.89 Å². The van der Waals surface area contributed by atoms with Crippen LogP contribution in [0.1, 0.15) is 218 Å². The Hall–Kier alpha value is -5.19. The van der Waals surface area contributed by atoms with Gasteiger partial charge in [0.2, 0.25) is 10.0 Å². The highest BCUT2D eigenvalue weighted by atomic mass is 35.5. The second-order valence-corrected chi connectivity index (χ2v) is 24.1. The predicted octanol–water partition coefficient (Wildman–Crippen LogP) is 16.6. The van der Waals surface area contributed by atoms with Crippen molar-refractivity contribution in [2.45, 2.75) is 173 Å². The zero-order valence-corrected chi connectivity index (χ0v) is 48.7. The standard InChI is InChI=1S/2C16H17F2NO2.C9H6ClNO2.C9H17F2NO2S.C7H12O.CH3FS.6CH4/c2*1-10-5-4-6-11(16(10,17)18)9-19-14(20)12-7-2-3-8-13(12)15(19)21;10-5-11-8(12)6-3-1-2-4-7(6)9(11)13;1-7-4-3-5-8(9(7,10)11)6-12-15(2,13)14;1-6-4-2-3-5-7(6)8;1-3-2;;;;;;/h2*2-3,7-8,10-11H,4-6,9H2,1H3;1-4H,5H2;7-8,12H,3-6H2,1-2H3;6H,2-5H2,1H3;1H3;6*1H4/t10-,11-;;;7-,8-;;;;;;;;/m0..0......../s1. The topological polar surface area (TPSA) is 175 Å². The number of benzene rings is 3. The molecular weight excluding hydrogens is 1200 g/mol. The molecule has 3 aromatic carbocycles. The summed E-state index contributed by atoms with van der Waals surface area (Å²) in [6, 6.07) is 19.6. The average molecular weight is 1300 g/mol. The molecule has 87 heavy (non-hydrogen) atoms. The van der Waals surface area contributed by atoms with E-state index >= 15 is 0 Å². The Morgan fingerprint density at radius 3 is 1.01 bits per heavy atom. The van der Waals surface area contributed by atoms with Crippen LogP contribution in [0.25, 0.3) is 0 Å². The first-order chi connectivity index (χ1) is 38.1. The van der Waals surface area contributed by atoms with E-state index in [4.69, 9.17) is 11.6 Å². The fourth-order valence-electron chi connectivity index (χ4n) is 11.0. The summed E-state index contributed by atoms with van der Waals surface area (Å²) < 4.78 is 118. The van der Waals surface area contributed by atoms with E-state index in [1.165, 1.54) is 33.4 Å². The quantitative estimate of drug-likeness (QED) is 0.0989. The monoisotopic (exact) mass is 1300 g/mol. The number of carbonyl (C=O) groups is 7. The number of imide groups is 3. The first-order valence-corrected chi connectivity index (χ1v) is 30.8. The molecule has 0 radical (unpaired) electrons. The SMILES string of the molecule is C.C.C.C.C.C.CC1CCCC(CN2C(=O)c3ccccc3C2=O)C1(F)F.CC1CCCCC1=O.CSF.C[C@H]1CCC[C@@H](CN2C(=O)c3ccccc3C2=O)C1(F)F.C[C@H]1CCC[C@@H](CNS(C)(=O)=O)C1(F)F.O=C1c2ccccc2C(=O)N1CCl. The molecule has 4 fully saturated rings. The number of alkyl halides is 7. The number of hydrogen-bond donors (Lipinski definition) is 1. The molecule has 7 atom stereocenters. The van der Waals surface area contributed by atoms with E-state index in [0.717, 1.165) is 46.6 Å². The van der Waals surface area contributed by atoms with Gasteiger partial charge in [-0.05, 0) is 87.8 Å². The molecule has 23 heteroatoms. The van der Waals surface area contributed by atoms with Crippen LogP contribution in [0, 0.1) is 41.4 Å². The van der Waals surface area contributed by atoms with Crippen molar-refractivity contribution in [3.05, 3.63) is 106 Å². The molecule has 3 heterocycles. The normalized spacial score (nSPS) is 24.1. The zero-order chi connectivity index (χ0) is 60.2. The lowest BCUT2D eigenvalue weighted by Gasteiger charge is -2.37. The molecule has 4 aliphatic carbocycles. The van der Waals surface area contributed by atoms with Crippen LogP contribution in [0.15, 0.2) is 72.8 Å². The van der Waals surface area contributed by atoms with E-state index in [-0.39, 0.29) is 94.2 Å². The lowest BCUT2D eigenvalue weighted by Crippen LogP contribution is -2.46. The number of fused-ring (bicyclic) bond motifs is 3. The predicted molar refractivity (Wildman–Crippen MR) is 336 cm³/mol. The number of Topliss-reactive ketones (excluding diaryl/α,β-unsaturated/α-hetero) is 1. The molecule has 7 aliphatic rings. The van der Waals surface area contributed by atoms with Crippen molar-refractivity contribution in [1.29, 1.82) is 0 Å². The summed E-state index contributed by atoms with van der Waals surface area (Å²) in [7, 11) is -3.37. The lowest BCUT2D eigenvalue weighted by atomic mass is 9.78. The summed E-state index contributed by atoms with van der Waals surface area (Å²) >= 11 is 5.72. The van der Waals surface area contributed by atoms with E-state index in [0.29, 0.717) is 96.4 Å². The largest absolute Gasteiger partial charge is 0.299 e. The molecule has 0 spiro atoms. The van der Waals surface area contributed by atoms with Gasteiger partial charge in [0.25, 0.3) is 53.2 Å². The van der Waals surface area contributed by atoms with E-state index < -0.39 is 86.9 Å². The van der Waals surface area contributed by atoms with Crippen LogP contribution in [0.2, 0.25) is 0 Å². The average Bonchev–Trinajstić information content (AvgIpc) is 3.56. The number of halogens is 8. The van der Waals surface area contributed by atoms with Gasteiger partial charge < -0.3 is 0 Å². The van der Waals surface area contributed by atoms with Gasteiger partial charge in [0.15, 0.2) is 0 Å². The molecule has 494 valence electrons. The molecule has 13 nitrogen and oxygen atoms in total. The minimum absolute atomic E-state index is 0. The first kappa shape index (κ1) is 83.9. The van der Waals surface area contributed by atoms with Crippen molar-refractivity contribution in [3.63, 3.8) is 0 Å². The summed E-state index contributed by atoms with van der Waals surface area (Å²) in [6.07, 6.45) is 11.5. The smallest absolute Gasteiger partial charge is 0.262 e. The first-order valence-electron chi connectivity index (χ1n) is 27.2. The number of rotatable bonds is 8. The van der Waals surface area contributed by atoms with Gasteiger partial charge in [-0.15, -0.1) is 11.6 Å². The van der Waals surface area contributed by atoms with Crippen LogP contribution in [-0.2, 0) is 14.8 Å². The summed E-state index contributed by atoms with van der Waals surface area (Å²) in [5, 5.41) is 0. The highest BCUT2D eigenvalue weighted by Crippen LogP contribution is 2.46. The molecule has 0 bridgehead atoms. The van der Waals surface area contributed by atoms with E-state index in [1.807, 2.05) is 6.92 Å². The number of ketones is 1. The minimum Gasteiger partial charge on any atom is -0.299 e. The highest BCUT2D eigenvalue weighted by molar-refractivity contribution is 7.93. The Morgan fingerprint density at radius 2 is 0.759 bits per heavy atom. The van der Waals surface area contributed by atoms with Crippen molar-refractivity contribution in [2.75, 3.05) is 38.1 Å². The Bertz CT molecular complexity index is 2660. The lowest BCUT2D eigenvalue weighted by molar-refractivity contribution is -0.128. The van der Waals surface area contributed by atoms with E-state index in [2.05, 4.69) is 4.72 Å². The molecule has 6 amide bonds. The number of nitrogens with zero attached hydrogens (tertiary/aromatic N) is 3. The third kappa shape index (κ3) is 20.4. The molecule has 1 N–H and O–H groups in total. The fraction of sp³-hybridized carbons (Fsp3) is 0.609. The van der Waals surface area contributed by atoms with Crippen LogP contribution >= 0.6 is 23.7 Å². The molecule has 0 aromatic heterocycles. The number of nitrogens with one attached hydrogen (secondary N) is 1. The van der Waals surface area contributed by atoms with Gasteiger partial charge in [0.05, 0.1) is 39.6 Å². The van der Waals surface area contributed by atoms with Crippen LogP contribution in [0.5, 0.6) is 0 Å². The maximum Gasteiger partial charge on any atom is 0.262 e. The Balaban J connectivity index is 0. The van der Waals surface area contributed by atoms with Crippen LogP contribution in [-0.4, -0.2) is 120 Å². The minimum atomic E-state index is -3.37.